The summed E-state index contributed by atoms with van der Waals surface area (Å²) in [5.41, 5.74) is 12.5. The Morgan fingerprint density at radius 3 is 1.56 bits per heavy atom. The van der Waals surface area contributed by atoms with Crippen LogP contribution in [0, 0.1) is 0 Å². The predicted molar refractivity (Wildman–Crippen MR) is 174 cm³/mol. The van der Waals surface area contributed by atoms with Gasteiger partial charge in [-0.2, -0.15) is 0 Å². The zero-order valence-electron chi connectivity index (χ0n) is 22.2. The van der Waals surface area contributed by atoms with E-state index < -0.39 is 0 Å². The summed E-state index contributed by atoms with van der Waals surface area (Å²) in [6.07, 6.45) is 15.4. The Kier molecular flexibility index (Phi) is 9.86. The molecular weight excluding hydrogens is 604 g/mol. The lowest BCUT2D eigenvalue weighted by Gasteiger charge is -2.20. The van der Waals surface area contributed by atoms with Crippen molar-refractivity contribution in [3.05, 3.63) is 178 Å². The molecule has 2 heteroatoms. The number of allylic oxidation sites excluding steroid dienone is 6. The van der Waals surface area contributed by atoms with Gasteiger partial charge in [0.05, 0.1) is 0 Å². The molecule has 0 nitrogen and oxygen atoms in total. The fourth-order valence-corrected chi connectivity index (χ4v) is 6.60. The lowest BCUT2D eigenvalue weighted by atomic mass is 9.85. The van der Waals surface area contributed by atoms with Crippen LogP contribution in [0.4, 0.5) is 0 Å². The second-order valence-electron chi connectivity index (χ2n) is 10.2. The molecule has 39 heavy (non-hydrogen) atoms. The molecule has 196 valence electrons. The zero-order valence-corrected chi connectivity index (χ0v) is 25.4. The summed E-state index contributed by atoms with van der Waals surface area (Å²) < 4.78 is 0. The van der Waals surface area contributed by atoms with E-state index in [2.05, 4.69) is 159 Å². The number of alkyl halides is 2. The highest BCUT2D eigenvalue weighted by Gasteiger charge is 2.16. The monoisotopic (exact) mass is 636 g/mol. The van der Waals surface area contributed by atoms with Gasteiger partial charge >= 0.3 is 0 Å². The molecule has 5 rings (SSSR count). The van der Waals surface area contributed by atoms with Gasteiger partial charge in [0, 0.05) is 16.6 Å². The summed E-state index contributed by atoms with van der Waals surface area (Å²) in [6.45, 7) is 0. The maximum absolute atomic E-state index is 3.68. The molecule has 0 spiro atoms. The highest BCUT2D eigenvalue weighted by molar-refractivity contribution is 9.08. The van der Waals surface area contributed by atoms with E-state index >= 15 is 0 Å². The fourth-order valence-electron chi connectivity index (χ4n) is 5.51. The van der Waals surface area contributed by atoms with Crippen LogP contribution < -0.4 is 0 Å². The molecule has 1 unspecified atom stereocenters. The highest BCUT2D eigenvalue weighted by atomic mass is 79.9. The van der Waals surface area contributed by atoms with Crippen LogP contribution in [0.1, 0.15) is 56.8 Å². The quantitative estimate of drug-likeness (QED) is 0.160. The summed E-state index contributed by atoms with van der Waals surface area (Å²) >= 11 is 7.35. The molecule has 1 aliphatic carbocycles. The molecule has 0 radical (unpaired) electrons. The minimum atomic E-state index is 0.342. The molecule has 0 heterocycles. The Morgan fingerprint density at radius 2 is 0.974 bits per heavy atom. The summed E-state index contributed by atoms with van der Waals surface area (Å²) in [5, 5.41) is 1.76. The lowest BCUT2D eigenvalue weighted by molar-refractivity contribution is 0.834. The van der Waals surface area contributed by atoms with Crippen LogP contribution in [0.5, 0.6) is 0 Å². The average Bonchev–Trinajstić information content (AvgIpc) is 2.96. The van der Waals surface area contributed by atoms with E-state index in [1.165, 1.54) is 50.1 Å². The smallest absolute Gasteiger partial charge is 0.0285 e. The summed E-state index contributed by atoms with van der Waals surface area (Å²) in [5.74, 6) is 0.342. The second kappa shape index (κ2) is 13.9. The molecule has 0 amide bonds. The minimum Gasteiger partial charge on any atom is -0.0876 e. The molecule has 0 N–H and O–H groups in total. The number of hydrogen-bond acceptors (Lipinski definition) is 0. The van der Waals surface area contributed by atoms with Crippen molar-refractivity contribution in [2.75, 3.05) is 0 Å². The first-order valence-corrected chi connectivity index (χ1v) is 15.9. The predicted octanol–water partition coefficient (Wildman–Crippen LogP) is 10.4. The molecule has 4 aromatic carbocycles. The van der Waals surface area contributed by atoms with Crippen LogP contribution >= 0.6 is 31.9 Å². The molecule has 0 saturated carbocycles. The molecule has 0 saturated heterocycles. The summed E-state index contributed by atoms with van der Waals surface area (Å²) in [7, 11) is 0. The number of hydrogen-bond donors (Lipinski definition) is 0. The van der Waals surface area contributed by atoms with Crippen molar-refractivity contribution in [3.63, 3.8) is 0 Å². The van der Waals surface area contributed by atoms with Gasteiger partial charge in [-0.25, -0.2) is 0 Å². The van der Waals surface area contributed by atoms with Crippen LogP contribution in [0.15, 0.2) is 133 Å². The van der Waals surface area contributed by atoms with Gasteiger partial charge in [-0.3, -0.25) is 0 Å². The third-order valence-electron chi connectivity index (χ3n) is 7.62. The first-order valence-electron chi connectivity index (χ1n) is 13.7. The van der Waals surface area contributed by atoms with Crippen molar-refractivity contribution in [3.8, 4) is 0 Å². The average molecular weight is 638 g/mol. The van der Waals surface area contributed by atoms with Crippen LogP contribution in [0.2, 0.25) is 0 Å². The second-order valence-corrected chi connectivity index (χ2v) is 11.3. The molecule has 0 aliphatic heterocycles. The van der Waals surface area contributed by atoms with E-state index in [0.717, 1.165) is 36.3 Å². The number of benzene rings is 4. The van der Waals surface area contributed by atoms with Crippen LogP contribution in [0.3, 0.4) is 0 Å². The molecule has 0 aromatic heterocycles. The van der Waals surface area contributed by atoms with Crippen molar-refractivity contribution in [2.24, 2.45) is 0 Å². The van der Waals surface area contributed by atoms with E-state index in [0.29, 0.717) is 5.92 Å². The Morgan fingerprint density at radius 1 is 0.513 bits per heavy atom. The molecule has 4 aromatic rings. The van der Waals surface area contributed by atoms with Gasteiger partial charge in [0.2, 0.25) is 0 Å². The van der Waals surface area contributed by atoms with Crippen LogP contribution in [0.25, 0.3) is 0 Å². The maximum Gasteiger partial charge on any atom is 0.0285 e. The highest BCUT2D eigenvalue weighted by Crippen LogP contribution is 2.31. The maximum atomic E-state index is 3.68. The van der Waals surface area contributed by atoms with Gasteiger partial charge in [0.15, 0.2) is 0 Å². The fraction of sp³-hybridized carbons (Fsp3) is 0.189. The van der Waals surface area contributed by atoms with Crippen LogP contribution in [-0.4, -0.2) is 0 Å². The van der Waals surface area contributed by atoms with E-state index in [9.17, 15) is 0 Å². The molecule has 1 aliphatic rings. The van der Waals surface area contributed by atoms with E-state index in [1.54, 1.807) is 0 Å². The normalized spacial score (nSPS) is 18.0. The van der Waals surface area contributed by atoms with Crippen molar-refractivity contribution >= 4 is 31.9 Å². The first-order chi connectivity index (χ1) is 19.2. The molecular formula is C37H34Br2. The Hall–Kier alpha value is -2.94. The topological polar surface area (TPSA) is 0 Å². The van der Waals surface area contributed by atoms with Gasteiger partial charge < -0.3 is 0 Å². The van der Waals surface area contributed by atoms with Crippen molar-refractivity contribution in [1.29, 1.82) is 0 Å². The Bertz CT molecular complexity index is 1490. The zero-order chi connectivity index (χ0) is 26.9. The van der Waals surface area contributed by atoms with Gasteiger partial charge in [-0.05, 0) is 75.8 Å². The Labute approximate surface area is 250 Å². The third-order valence-corrected chi connectivity index (χ3v) is 8.83. The standard InChI is InChI=1S/C37H34Br2/c38-26-35-19-8-6-15-31(35)24-30-14-5-4-13-29(30)22-28-12-2-1-3-17-33(23-28)37-21-11-10-18-34(37)25-32-16-7-9-20-36(32)27-39/h1-16,18-21,23,33H,17,22,24-27H2/b3-1-,12-2-,28-23+. The Balaban J connectivity index is 1.45. The van der Waals surface area contributed by atoms with Crippen molar-refractivity contribution < 1.29 is 0 Å². The SMILES string of the molecule is BrCc1ccccc1Cc1ccccc1CC1=C/C(c2ccccc2Cc2ccccc2CBr)C\C=C/C=C\1. The molecule has 0 bridgehead atoms. The first kappa shape index (κ1) is 27.6. The van der Waals surface area contributed by atoms with Gasteiger partial charge in [-0.1, -0.05) is 159 Å². The molecule has 0 fully saturated rings. The van der Waals surface area contributed by atoms with Gasteiger partial charge in [0.1, 0.15) is 0 Å². The largest absolute Gasteiger partial charge is 0.0876 e. The van der Waals surface area contributed by atoms with E-state index in [1.807, 2.05) is 0 Å². The van der Waals surface area contributed by atoms with Gasteiger partial charge in [-0.15, -0.1) is 0 Å². The third kappa shape index (κ3) is 7.18. The number of rotatable bonds is 9. The number of halogens is 2. The van der Waals surface area contributed by atoms with E-state index in [-0.39, 0.29) is 0 Å². The lowest BCUT2D eigenvalue weighted by Crippen LogP contribution is -2.05. The van der Waals surface area contributed by atoms with Crippen LogP contribution in [-0.2, 0) is 29.9 Å². The van der Waals surface area contributed by atoms with Crippen molar-refractivity contribution in [2.45, 2.75) is 42.3 Å². The van der Waals surface area contributed by atoms with Crippen molar-refractivity contribution in [1.82, 2.24) is 0 Å². The minimum absolute atomic E-state index is 0.342. The summed E-state index contributed by atoms with van der Waals surface area (Å²) in [4.78, 5) is 0. The molecule has 1 atom stereocenters. The summed E-state index contributed by atoms with van der Waals surface area (Å²) in [6, 6.07) is 35.5. The van der Waals surface area contributed by atoms with Gasteiger partial charge in [0.25, 0.3) is 0 Å². The van der Waals surface area contributed by atoms with E-state index in [4.69, 9.17) is 0 Å².